The first-order valence-corrected chi connectivity index (χ1v) is 6.55. The zero-order valence-electron chi connectivity index (χ0n) is 10.6. The normalized spacial score (nSPS) is 30.4. The second-order valence-electron chi connectivity index (χ2n) is 5.21. The predicted molar refractivity (Wildman–Crippen MR) is 65.0 cm³/mol. The van der Waals surface area contributed by atoms with Gasteiger partial charge in [0.25, 0.3) is 0 Å². The number of hydrogen-bond donors (Lipinski definition) is 1. The third-order valence-electron chi connectivity index (χ3n) is 3.66. The lowest BCUT2D eigenvalue weighted by Gasteiger charge is -2.39. The number of unbranched alkanes of at least 4 members (excludes halogenated alkanes) is 1. The van der Waals surface area contributed by atoms with E-state index in [1.807, 2.05) is 6.92 Å². The average Bonchev–Trinajstić information content (AvgIpc) is 2.15. The summed E-state index contributed by atoms with van der Waals surface area (Å²) in [5.74, 6) is 0. The maximum atomic E-state index is 9.18. The Morgan fingerprint density at radius 1 is 1.20 bits per heavy atom. The van der Waals surface area contributed by atoms with Crippen LogP contribution >= 0.6 is 0 Å². The maximum Gasteiger partial charge on any atom is 0.0512 e. The van der Waals surface area contributed by atoms with Gasteiger partial charge in [0, 0.05) is 12.1 Å². The van der Waals surface area contributed by atoms with Crippen molar-refractivity contribution in [2.45, 2.75) is 77.5 Å². The summed E-state index contributed by atoms with van der Waals surface area (Å²) in [6.45, 7) is 7.80. The van der Waals surface area contributed by atoms with Gasteiger partial charge in [-0.3, -0.25) is 4.90 Å². The molecule has 1 aliphatic heterocycles. The van der Waals surface area contributed by atoms with Crippen LogP contribution in [0.4, 0.5) is 0 Å². The quantitative estimate of drug-likeness (QED) is 0.710. The number of piperidine rings is 1. The van der Waals surface area contributed by atoms with Gasteiger partial charge in [0.1, 0.15) is 0 Å². The minimum atomic E-state index is -0.124. The largest absolute Gasteiger partial charge is 0.393 e. The molecule has 0 aliphatic carbocycles. The van der Waals surface area contributed by atoms with Gasteiger partial charge in [-0.05, 0) is 59.4 Å². The molecule has 2 nitrogen and oxygen atoms in total. The number of aliphatic hydroxyl groups is 1. The van der Waals surface area contributed by atoms with Gasteiger partial charge in [-0.15, -0.1) is 0 Å². The van der Waals surface area contributed by atoms with Gasteiger partial charge in [0.2, 0.25) is 0 Å². The summed E-state index contributed by atoms with van der Waals surface area (Å²) in [4.78, 5) is 2.64. The summed E-state index contributed by atoms with van der Waals surface area (Å²) in [7, 11) is 0. The minimum Gasteiger partial charge on any atom is -0.393 e. The third kappa shape index (κ3) is 4.52. The molecule has 3 atom stereocenters. The molecule has 0 spiro atoms. The van der Waals surface area contributed by atoms with Crippen LogP contribution in [0.5, 0.6) is 0 Å². The lowest BCUT2D eigenvalue weighted by atomic mass is 9.97. The summed E-state index contributed by atoms with van der Waals surface area (Å²) in [5, 5.41) is 9.18. The smallest absolute Gasteiger partial charge is 0.0512 e. The van der Waals surface area contributed by atoms with Crippen molar-refractivity contribution in [2.75, 3.05) is 6.54 Å². The van der Waals surface area contributed by atoms with Gasteiger partial charge in [0.15, 0.2) is 0 Å². The second-order valence-corrected chi connectivity index (χ2v) is 5.21. The van der Waals surface area contributed by atoms with Crippen LogP contribution in [-0.4, -0.2) is 34.7 Å². The lowest BCUT2D eigenvalue weighted by molar-refractivity contribution is 0.0987. The average molecular weight is 213 g/mol. The Morgan fingerprint density at radius 2 is 1.80 bits per heavy atom. The molecule has 0 aromatic heterocycles. The first-order valence-electron chi connectivity index (χ1n) is 6.55. The van der Waals surface area contributed by atoms with Crippen LogP contribution in [0.1, 0.15) is 59.3 Å². The number of aliphatic hydroxyl groups excluding tert-OH is 1. The molecule has 2 heteroatoms. The van der Waals surface area contributed by atoms with E-state index in [0.29, 0.717) is 0 Å². The molecular formula is C13H27NO. The van der Waals surface area contributed by atoms with Gasteiger partial charge in [-0.1, -0.05) is 6.42 Å². The Bertz CT molecular complexity index is 160. The Kier molecular flexibility index (Phi) is 5.62. The van der Waals surface area contributed by atoms with Crippen molar-refractivity contribution in [3.63, 3.8) is 0 Å². The molecule has 0 saturated carbocycles. The van der Waals surface area contributed by atoms with E-state index >= 15 is 0 Å². The topological polar surface area (TPSA) is 23.5 Å². The van der Waals surface area contributed by atoms with Gasteiger partial charge < -0.3 is 5.11 Å². The monoisotopic (exact) mass is 213 g/mol. The molecule has 15 heavy (non-hydrogen) atoms. The van der Waals surface area contributed by atoms with Crippen LogP contribution in [0.25, 0.3) is 0 Å². The first-order chi connectivity index (χ1) is 7.11. The number of hydrogen-bond acceptors (Lipinski definition) is 2. The predicted octanol–water partition coefficient (Wildman–Crippen LogP) is 2.80. The molecule has 1 unspecified atom stereocenters. The molecule has 0 aromatic rings. The molecule has 1 fully saturated rings. The lowest BCUT2D eigenvalue weighted by Crippen LogP contribution is -2.44. The number of nitrogens with zero attached hydrogens (tertiary/aromatic N) is 1. The molecule has 0 amide bonds. The van der Waals surface area contributed by atoms with Crippen molar-refractivity contribution in [2.24, 2.45) is 0 Å². The zero-order chi connectivity index (χ0) is 11.3. The molecular weight excluding hydrogens is 186 g/mol. The van der Waals surface area contributed by atoms with E-state index in [4.69, 9.17) is 0 Å². The van der Waals surface area contributed by atoms with Crippen LogP contribution in [0.3, 0.4) is 0 Å². The van der Waals surface area contributed by atoms with Crippen LogP contribution in [0.15, 0.2) is 0 Å². The summed E-state index contributed by atoms with van der Waals surface area (Å²) >= 11 is 0. The van der Waals surface area contributed by atoms with E-state index in [0.717, 1.165) is 24.9 Å². The number of likely N-dealkylation sites (tertiary alicyclic amines) is 1. The Hall–Kier alpha value is -0.0800. The van der Waals surface area contributed by atoms with E-state index < -0.39 is 0 Å². The van der Waals surface area contributed by atoms with Crippen LogP contribution in [-0.2, 0) is 0 Å². The highest BCUT2D eigenvalue weighted by molar-refractivity contribution is 4.79. The van der Waals surface area contributed by atoms with E-state index in [9.17, 15) is 5.11 Å². The van der Waals surface area contributed by atoms with Gasteiger partial charge >= 0.3 is 0 Å². The fraction of sp³-hybridized carbons (Fsp3) is 1.00. The second kappa shape index (κ2) is 6.49. The standard InChI is InChI=1S/C13H27NO/c1-11-7-6-8-12(2)14(11)10-5-4-9-13(3)15/h11-13,15H,4-10H2,1-3H3/t11-,12+,13?. The molecule has 90 valence electrons. The molecule has 1 N–H and O–H groups in total. The summed E-state index contributed by atoms with van der Waals surface area (Å²) < 4.78 is 0. The van der Waals surface area contributed by atoms with E-state index in [2.05, 4.69) is 18.7 Å². The fourth-order valence-corrected chi connectivity index (χ4v) is 2.65. The van der Waals surface area contributed by atoms with E-state index in [1.54, 1.807) is 0 Å². The zero-order valence-corrected chi connectivity index (χ0v) is 10.6. The van der Waals surface area contributed by atoms with E-state index in [1.165, 1.54) is 32.2 Å². The molecule has 1 aliphatic rings. The summed E-state index contributed by atoms with van der Waals surface area (Å²) in [6.07, 6.45) is 7.35. The third-order valence-corrected chi connectivity index (χ3v) is 3.66. The van der Waals surface area contributed by atoms with Gasteiger partial charge in [0.05, 0.1) is 6.10 Å². The van der Waals surface area contributed by atoms with Crippen molar-refractivity contribution in [3.8, 4) is 0 Å². The SMILES string of the molecule is CC(O)CCCCN1[C@H](C)CCC[C@@H]1C. The highest BCUT2D eigenvalue weighted by atomic mass is 16.3. The summed E-state index contributed by atoms with van der Waals surface area (Å²) in [6, 6.07) is 1.53. The van der Waals surface area contributed by atoms with E-state index in [-0.39, 0.29) is 6.10 Å². The molecule has 0 bridgehead atoms. The Labute approximate surface area is 94.7 Å². The number of rotatable bonds is 5. The fourth-order valence-electron chi connectivity index (χ4n) is 2.65. The van der Waals surface area contributed by atoms with Crippen molar-refractivity contribution in [3.05, 3.63) is 0 Å². The van der Waals surface area contributed by atoms with Crippen molar-refractivity contribution in [1.29, 1.82) is 0 Å². The minimum absolute atomic E-state index is 0.124. The van der Waals surface area contributed by atoms with Crippen LogP contribution in [0, 0.1) is 0 Å². The maximum absolute atomic E-state index is 9.18. The van der Waals surface area contributed by atoms with Crippen molar-refractivity contribution < 1.29 is 5.11 Å². The van der Waals surface area contributed by atoms with Crippen LogP contribution < -0.4 is 0 Å². The van der Waals surface area contributed by atoms with Gasteiger partial charge in [-0.2, -0.15) is 0 Å². The Balaban J connectivity index is 2.17. The Morgan fingerprint density at radius 3 is 2.33 bits per heavy atom. The molecule has 1 rings (SSSR count). The van der Waals surface area contributed by atoms with Crippen molar-refractivity contribution in [1.82, 2.24) is 4.90 Å². The van der Waals surface area contributed by atoms with Crippen LogP contribution in [0.2, 0.25) is 0 Å². The first kappa shape index (κ1) is 13.0. The summed E-state index contributed by atoms with van der Waals surface area (Å²) in [5.41, 5.74) is 0. The van der Waals surface area contributed by atoms with Crippen molar-refractivity contribution >= 4 is 0 Å². The molecule has 1 saturated heterocycles. The molecule has 1 heterocycles. The molecule has 0 radical (unpaired) electrons. The molecule has 0 aromatic carbocycles. The highest BCUT2D eigenvalue weighted by Gasteiger charge is 2.23. The highest BCUT2D eigenvalue weighted by Crippen LogP contribution is 2.22. The van der Waals surface area contributed by atoms with Gasteiger partial charge in [-0.25, -0.2) is 0 Å².